The number of aromatic amines is 1. The highest BCUT2D eigenvalue weighted by atomic mass is 16.5. The lowest BCUT2D eigenvalue weighted by Gasteiger charge is -2.33. The molecule has 7 nitrogen and oxygen atoms in total. The Morgan fingerprint density at radius 2 is 2.07 bits per heavy atom. The SMILES string of the molecule is Cc1cc(C(=O)OC2CCCN(c3cc(C)nc(C)n3)C2)c2nc[nH]c2c1. The van der Waals surface area contributed by atoms with Gasteiger partial charge in [0.05, 0.1) is 24.0 Å². The summed E-state index contributed by atoms with van der Waals surface area (Å²) in [6.45, 7) is 7.35. The highest BCUT2D eigenvalue weighted by Gasteiger charge is 2.26. The summed E-state index contributed by atoms with van der Waals surface area (Å²) in [6, 6.07) is 5.79. The number of aromatic nitrogens is 4. The van der Waals surface area contributed by atoms with Gasteiger partial charge in [0.15, 0.2) is 0 Å². The number of nitrogens with one attached hydrogen (secondary N) is 1. The van der Waals surface area contributed by atoms with Crippen molar-refractivity contribution in [2.75, 3.05) is 18.0 Å². The van der Waals surface area contributed by atoms with Crippen LogP contribution in [0.3, 0.4) is 0 Å². The highest BCUT2D eigenvalue weighted by Crippen LogP contribution is 2.23. The number of benzene rings is 1. The molecule has 1 aliphatic heterocycles. The van der Waals surface area contributed by atoms with Crippen LogP contribution in [0.4, 0.5) is 5.82 Å². The molecule has 1 saturated heterocycles. The first-order chi connectivity index (χ1) is 13.0. The van der Waals surface area contributed by atoms with Crippen molar-refractivity contribution in [1.29, 1.82) is 0 Å². The van der Waals surface area contributed by atoms with Crippen molar-refractivity contribution in [3.63, 3.8) is 0 Å². The van der Waals surface area contributed by atoms with E-state index in [2.05, 4.69) is 24.8 Å². The summed E-state index contributed by atoms with van der Waals surface area (Å²) in [7, 11) is 0. The topological polar surface area (TPSA) is 84.0 Å². The van der Waals surface area contributed by atoms with Crippen LogP contribution in [0, 0.1) is 20.8 Å². The van der Waals surface area contributed by atoms with Gasteiger partial charge in [-0.25, -0.2) is 19.7 Å². The molecule has 0 radical (unpaired) electrons. The zero-order chi connectivity index (χ0) is 19.0. The second kappa shape index (κ2) is 6.98. The van der Waals surface area contributed by atoms with Crippen LogP contribution in [0.5, 0.6) is 0 Å². The number of H-pyrrole nitrogens is 1. The molecule has 3 aromatic rings. The first kappa shape index (κ1) is 17.5. The van der Waals surface area contributed by atoms with Crippen molar-refractivity contribution in [2.45, 2.75) is 39.7 Å². The standard InChI is InChI=1S/C20H23N5O2/c1-12-7-16(19-17(8-12)21-11-22-19)20(26)27-15-5-4-6-25(10-15)18-9-13(2)23-14(3)24-18/h7-9,11,15H,4-6,10H2,1-3H3,(H,21,22). The Morgan fingerprint density at radius 1 is 1.22 bits per heavy atom. The fourth-order valence-electron chi connectivity index (χ4n) is 3.67. The number of fused-ring (bicyclic) bond motifs is 1. The number of carbonyl (C=O) groups excluding carboxylic acids is 1. The number of nitrogens with zero attached hydrogens (tertiary/aromatic N) is 4. The number of rotatable bonds is 3. The maximum atomic E-state index is 12.8. The van der Waals surface area contributed by atoms with Crippen LogP contribution < -0.4 is 4.90 Å². The van der Waals surface area contributed by atoms with E-state index in [0.717, 1.165) is 47.8 Å². The molecule has 1 aliphatic rings. The van der Waals surface area contributed by atoms with E-state index in [9.17, 15) is 4.79 Å². The van der Waals surface area contributed by atoms with Crippen LogP contribution >= 0.6 is 0 Å². The number of piperidine rings is 1. The Labute approximate surface area is 157 Å². The lowest BCUT2D eigenvalue weighted by atomic mass is 10.1. The number of hydrogen-bond acceptors (Lipinski definition) is 6. The Kier molecular flexibility index (Phi) is 4.51. The molecule has 1 aromatic carbocycles. The molecule has 2 aromatic heterocycles. The molecule has 1 N–H and O–H groups in total. The van der Waals surface area contributed by atoms with Gasteiger partial charge in [0, 0.05) is 18.3 Å². The van der Waals surface area contributed by atoms with Gasteiger partial charge in [-0.05, 0) is 51.3 Å². The van der Waals surface area contributed by atoms with Gasteiger partial charge >= 0.3 is 5.97 Å². The van der Waals surface area contributed by atoms with Gasteiger partial charge in [0.25, 0.3) is 0 Å². The van der Waals surface area contributed by atoms with Crippen molar-refractivity contribution in [3.8, 4) is 0 Å². The highest BCUT2D eigenvalue weighted by molar-refractivity contribution is 6.02. The second-order valence-electron chi connectivity index (χ2n) is 7.14. The van der Waals surface area contributed by atoms with Gasteiger partial charge in [0.1, 0.15) is 23.3 Å². The fraction of sp³-hybridized carbons (Fsp3) is 0.400. The fourth-order valence-corrected chi connectivity index (χ4v) is 3.67. The van der Waals surface area contributed by atoms with Gasteiger partial charge in [-0.15, -0.1) is 0 Å². The number of hydrogen-bond donors (Lipinski definition) is 1. The number of imidazole rings is 1. The average molecular weight is 365 g/mol. The first-order valence-corrected chi connectivity index (χ1v) is 9.21. The van der Waals surface area contributed by atoms with Gasteiger partial charge in [0.2, 0.25) is 0 Å². The molecule has 0 aliphatic carbocycles. The van der Waals surface area contributed by atoms with Gasteiger partial charge in [-0.3, -0.25) is 0 Å². The van der Waals surface area contributed by atoms with E-state index < -0.39 is 0 Å². The van der Waals surface area contributed by atoms with E-state index >= 15 is 0 Å². The van der Waals surface area contributed by atoms with Crippen LogP contribution in [0.1, 0.15) is 40.3 Å². The van der Waals surface area contributed by atoms with Gasteiger partial charge < -0.3 is 14.6 Å². The summed E-state index contributed by atoms with van der Waals surface area (Å²) < 4.78 is 5.84. The summed E-state index contributed by atoms with van der Waals surface area (Å²) in [5.41, 5.74) is 3.95. The molecular weight excluding hydrogens is 342 g/mol. The van der Waals surface area contributed by atoms with Gasteiger partial charge in [-0.2, -0.15) is 0 Å². The minimum Gasteiger partial charge on any atom is -0.457 e. The molecule has 1 atom stereocenters. The van der Waals surface area contributed by atoms with Gasteiger partial charge in [-0.1, -0.05) is 0 Å². The third kappa shape index (κ3) is 3.63. The number of anilines is 1. The van der Waals surface area contributed by atoms with Crippen molar-refractivity contribution < 1.29 is 9.53 Å². The summed E-state index contributed by atoms with van der Waals surface area (Å²) in [6.07, 6.45) is 3.23. The molecule has 3 heterocycles. The molecule has 1 unspecified atom stereocenters. The minimum absolute atomic E-state index is 0.170. The predicted molar refractivity (Wildman–Crippen MR) is 103 cm³/mol. The molecule has 27 heavy (non-hydrogen) atoms. The quantitative estimate of drug-likeness (QED) is 0.718. The summed E-state index contributed by atoms with van der Waals surface area (Å²) in [4.78, 5) is 31.2. The molecule has 4 rings (SSSR count). The molecule has 0 spiro atoms. The van der Waals surface area contributed by atoms with Crippen LogP contribution in [-0.4, -0.2) is 45.1 Å². The molecule has 1 fully saturated rings. The Hall–Kier alpha value is -2.96. The predicted octanol–water partition coefficient (Wildman–Crippen LogP) is 3.10. The van der Waals surface area contributed by atoms with Crippen LogP contribution in [-0.2, 0) is 4.74 Å². The third-order valence-corrected chi connectivity index (χ3v) is 4.82. The van der Waals surface area contributed by atoms with Crippen molar-refractivity contribution in [1.82, 2.24) is 19.9 Å². The van der Waals surface area contributed by atoms with Crippen molar-refractivity contribution in [2.24, 2.45) is 0 Å². The number of esters is 1. The summed E-state index contributed by atoms with van der Waals surface area (Å²) >= 11 is 0. The Morgan fingerprint density at radius 3 is 2.89 bits per heavy atom. The summed E-state index contributed by atoms with van der Waals surface area (Å²) in [5.74, 6) is 1.33. The lowest BCUT2D eigenvalue weighted by Crippen LogP contribution is -2.41. The smallest absolute Gasteiger partial charge is 0.340 e. The molecular formula is C20H23N5O2. The molecule has 0 saturated carbocycles. The van der Waals surface area contributed by atoms with Crippen molar-refractivity contribution >= 4 is 22.8 Å². The van der Waals surface area contributed by atoms with E-state index in [4.69, 9.17) is 4.74 Å². The maximum absolute atomic E-state index is 12.8. The third-order valence-electron chi connectivity index (χ3n) is 4.82. The molecule has 140 valence electrons. The molecule has 0 bridgehead atoms. The molecule has 7 heteroatoms. The van der Waals surface area contributed by atoms with Crippen LogP contribution in [0.2, 0.25) is 0 Å². The first-order valence-electron chi connectivity index (χ1n) is 9.21. The van der Waals surface area contributed by atoms with E-state index in [1.165, 1.54) is 0 Å². The zero-order valence-electron chi connectivity index (χ0n) is 15.8. The van der Waals surface area contributed by atoms with E-state index in [0.29, 0.717) is 17.6 Å². The maximum Gasteiger partial charge on any atom is 0.340 e. The number of aryl methyl sites for hydroxylation is 3. The number of ether oxygens (including phenoxy) is 1. The second-order valence-corrected chi connectivity index (χ2v) is 7.14. The monoisotopic (exact) mass is 365 g/mol. The van der Waals surface area contributed by atoms with E-state index in [1.807, 2.05) is 39.0 Å². The minimum atomic E-state index is -0.322. The van der Waals surface area contributed by atoms with Crippen LogP contribution in [0.25, 0.3) is 11.0 Å². The Balaban J connectivity index is 1.52. The lowest BCUT2D eigenvalue weighted by molar-refractivity contribution is 0.0271. The summed E-state index contributed by atoms with van der Waals surface area (Å²) in [5, 5.41) is 0. The van der Waals surface area contributed by atoms with Crippen molar-refractivity contribution in [3.05, 3.63) is 47.2 Å². The van der Waals surface area contributed by atoms with E-state index in [1.54, 1.807) is 6.33 Å². The number of carbonyl (C=O) groups is 1. The largest absolute Gasteiger partial charge is 0.457 e. The van der Waals surface area contributed by atoms with E-state index in [-0.39, 0.29) is 12.1 Å². The average Bonchev–Trinajstić information content (AvgIpc) is 3.08. The molecule has 0 amide bonds. The van der Waals surface area contributed by atoms with Crippen LogP contribution in [0.15, 0.2) is 24.5 Å². The zero-order valence-corrected chi connectivity index (χ0v) is 15.8. The normalized spacial score (nSPS) is 17.3. The Bertz CT molecular complexity index is 977.